The molecule has 0 fully saturated rings. The number of aliphatic hydroxyl groups excluding tert-OH is 2. The lowest BCUT2D eigenvalue weighted by Crippen LogP contribution is -2.00. The summed E-state index contributed by atoms with van der Waals surface area (Å²) in [6, 6.07) is 0. The van der Waals surface area contributed by atoms with Crippen LogP contribution in [0.15, 0.2) is 23.2 Å². The van der Waals surface area contributed by atoms with Crippen molar-refractivity contribution in [3.63, 3.8) is 0 Å². The summed E-state index contributed by atoms with van der Waals surface area (Å²) >= 11 is 5.68. The van der Waals surface area contributed by atoms with Crippen LogP contribution in [0.4, 0.5) is 0 Å². The highest BCUT2D eigenvalue weighted by atomic mass is 35.5. The van der Waals surface area contributed by atoms with Crippen molar-refractivity contribution < 1.29 is 10.2 Å². The lowest BCUT2D eigenvalue weighted by atomic mass is 10.0. The van der Waals surface area contributed by atoms with Gasteiger partial charge in [-0.2, -0.15) is 5.92 Å². The van der Waals surface area contributed by atoms with Crippen LogP contribution in [0.1, 0.15) is 20.3 Å². The van der Waals surface area contributed by atoms with Crippen molar-refractivity contribution in [1.82, 2.24) is 0 Å². The highest BCUT2D eigenvalue weighted by Crippen LogP contribution is 2.38. The fourth-order valence-corrected chi connectivity index (χ4v) is 1.80. The number of hydrogen-bond donors (Lipinski definition) is 2. The first-order valence-corrected chi connectivity index (χ1v) is 4.79. The van der Waals surface area contributed by atoms with E-state index >= 15 is 0 Å². The van der Waals surface area contributed by atoms with Crippen molar-refractivity contribution in [2.24, 2.45) is 5.92 Å². The van der Waals surface area contributed by atoms with Gasteiger partial charge in [0.2, 0.25) is 0 Å². The number of allylic oxidation sites excluding steroid dienone is 4. The summed E-state index contributed by atoms with van der Waals surface area (Å²) in [7, 11) is 0. The average Bonchev–Trinajstić information content (AvgIpc) is 2.31. The van der Waals surface area contributed by atoms with Gasteiger partial charge in [0.25, 0.3) is 0 Å². The first kappa shape index (κ1) is 10.3. The number of hydrogen-bond acceptors (Lipinski definition) is 2. The van der Waals surface area contributed by atoms with Crippen LogP contribution >= 0.6 is 11.6 Å². The van der Waals surface area contributed by atoms with E-state index in [1.54, 1.807) is 13.0 Å². The van der Waals surface area contributed by atoms with Crippen LogP contribution in [0, 0.1) is 11.8 Å². The van der Waals surface area contributed by atoms with Gasteiger partial charge in [0.05, 0.1) is 0 Å². The highest BCUT2D eigenvalue weighted by Gasteiger charge is 2.20. The number of alkyl halides is 1. The number of rotatable bonds is 2. The van der Waals surface area contributed by atoms with Gasteiger partial charge in [-0.25, -0.2) is 0 Å². The fourth-order valence-electron chi connectivity index (χ4n) is 1.55. The van der Waals surface area contributed by atoms with Gasteiger partial charge >= 0.3 is 0 Å². The average molecular weight is 202 g/mol. The van der Waals surface area contributed by atoms with Crippen molar-refractivity contribution in [3.8, 4) is 0 Å². The molecule has 1 atom stereocenters. The van der Waals surface area contributed by atoms with E-state index in [9.17, 15) is 5.11 Å². The molecule has 1 aliphatic carbocycles. The first-order valence-electron chi connectivity index (χ1n) is 4.25. The molecule has 0 saturated heterocycles. The van der Waals surface area contributed by atoms with Crippen molar-refractivity contribution in [2.45, 2.75) is 20.3 Å². The molecule has 2 nitrogen and oxygen atoms in total. The molecule has 13 heavy (non-hydrogen) atoms. The monoisotopic (exact) mass is 201 g/mol. The molecule has 1 rings (SSSR count). The molecule has 0 aromatic carbocycles. The van der Waals surface area contributed by atoms with E-state index in [1.165, 1.54) is 0 Å². The molecule has 1 unspecified atom stereocenters. The SMILES string of the molecule is C/C(O)=C\C1=C(O)C(CCl)C[C-]1C. The van der Waals surface area contributed by atoms with Crippen molar-refractivity contribution in [1.29, 1.82) is 0 Å². The summed E-state index contributed by atoms with van der Waals surface area (Å²) in [4.78, 5) is 0. The Bertz CT molecular complexity index is 252. The molecule has 3 heteroatoms. The van der Waals surface area contributed by atoms with Crippen LogP contribution in [-0.4, -0.2) is 16.1 Å². The summed E-state index contributed by atoms with van der Waals surface area (Å²) in [5.41, 5.74) is 0.741. The Morgan fingerprint density at radius 1 is 1.77 bits per heavy atom. The van der Waals surface area contributed by atoms with Gasteiger partial charge in [0, 0.05) is 11.6 Å². The Balaban J connectivity index is 2.92. The minimum absolute atomic E-state index is 0.0206. The van der Waals surface area contributed by atoms with E-state index in [0.29, 0.717) is 11.6 Å². The predicted octanol–water partition coefficient (Wildman–Crippen LogP) is 3.11. The zero-order valence-corrected chi connectivity index (χ0v) is 8.60. The topological polar surface area (TPSA) is 40.5 Å². The van der Waals surface area contributed by atoms with Crippen LogP contribution in [0.5, 0.6) is 0 Å². The lowest BCUT2D eigenvalue weighted by molar-refractivity contribution is 0.350. The summed E-state index contributed by atoms with van der Waals surface area (Å²) in [6.07, 6.45) is 2.37. The molecule has 0 saturated carbocycles. The lowest BCUT2D eigenvalue weighted by Gasteiger charge is -2.14. The number of aliphatic hydroxyl groups is 2. The van der Waals surface area contributed by atoms with Gasteiger partial charge in [0.15, 0.2) is 0 Å². The van der Waals surface area contributed by atoms with Gasteiger partial charge in [-0.3, -0.25) is 0 Å². The van der Waals surface area contributed by atoms with Gasteiger partial charge in [-0.15, -0.1) is 23.3 Å². The van der Waals surface area contributed by atoms with Crippen LogP contribution in [0.3, 0.4) is 0 Å². The molecule has 1 aliphatic rings. The van der Waals surface area contributed by atoms with Gasteiger partial charge in [-0.05, 0) is 18.6 Å². The zero-order valence-electron chi connectivity index (χ0n) is 7.84. The van der Waals surface area contributed by atoms with E-state index in [0.717, 1.165) is 17.9 Å². The van der Waals surface area contributed by atoms with E-state index in [-0.39, 0.29) is 11.7 Å². The summed E-state index contributed by atoms with van der Waals surface area (Å²) in [5, 5.41) is 18.8. The molecule has 0 heterocycles. The highest BCUT2D eigenvalue weighted by molar-refractivity contribution is 6.18. The molecule has 2 N–H and O–H groups in total. The Morgan fingerprint density at radius 2 is 2.38 bits per heavy atom. The van der Waals surface area contributed by atoms with Crippen LogP contribution < -0.4 is 0 Å². The molecule has 0 bridgehead atoms. The fraction of sp³-hybridized carbons (Fsp3) is 0.500. The van der Waals surface area contributed by atoms with Crippen molar-refractivity contribution >= 4 is 11.6 Å². The standard InChI is InChI=1S/C10H14ClO2/c1-6-3-8(5-11)10(13)9(6)4-7(2)12/h4,8,12-13H,3,5H2,1-2H3/q-1/b7-4+. The molecule has 0 aromatic rings. The third-order valence-corrected chi connectivity index (χ3v) is 2.59. The largest absolute Gasteiger partial charge is 0.569 e. The van der Waals surface area contributed by atoms with Gasteiger partial charge in [0.1, 0.15) is 0 Å². The number of halogens is 1. The normalized spacial score (nSPS) is 24.4. The quantitative estimate of drug-likeness (QED) is 0.410. The molecule has 0 aliphatic heterocycles. The second-order valence-electron chi connectivity index (χ2n) is 3.42. The Hall–Kier alpha value is -0.760. The van der Waals surface area contributed by atoms with Crippen molar-refractivity contribution in [3.05, 3.63) is 29.1 Å². The summed E-state index contributed by atoms with van der Waals surface area (Å²) < 4.78 is 0. The summed E-state index contributed by atoms with van der Waals surface area (Å²) in [5.74, 6) is 2.03. The van der Waals surface area contributed by atoms with E-state index < -0.39 is 0 Å². The minimum Gasteiger partial charge on any atom is -0.569 e. The maximum atomic E-state index is 9.69. The molecular formula is C10H14ClO2-. The summed E-state index contributed by atoms with van der Waals surface area (Å²) in [6.45, 7) is 3.53. The Kier molecular flexibility index (Phi) is 3.15. The van der Waals surface area contributed by atoms with E-state index in [2.05, 4.69) is 0 Å². The van der Waals surface area contributed by atoms with Gasteiger partial charge < -0.3 is 10.2 Å². The van der Waals surface area contributed by atoms with Gasteiger partial charge in [-0.1, -0.05) is 13.3 Å². The van der Waals surface area contributed by atoms with E-state index in [4.69, 9.17) is 16.7 Å². The minimum atomic E-state index is 0.0206. The van der Waals surface area contributed by atoms with Crippen LogP contribution in [0.2, 0.25) is 0 Å². The van der Waals surface area contributed by atoms with Crippen molar-refractivity contribution in [2.75, 3.05) is 5.88 Å². The molecule has 74 valence electrons. The Morgan fingerprint density at radius 3 is 2.77 bits per heavy atom. The second kappa shape index (κ2) is 3.97. The van der Waals surface area contributed by atoms with Crippen LogP contribution in [0.25, 0.3) is 0 Å². The maximum Gasteiger partial charge on any atom is 0.0358 e. The van der Waals surface area contributed by atoms with E-state index in [1.807, 2.05) is 6.92 Å². The van der Waals surface area contributed by atoms with Crippen LogP contribution in [-0.2, 0) is 0 Å². The second-order valence-corrected chi connectivity index (χ2v) is 3.73. The molecule has 0 radical (unpaired) electrons. The Labute approximate surface area is 83.5 Å². The maximum absolute atomic E-state index is 9.69. The molecular weight excluding hydrogens is 188 g/mol. The third kappa shape index (κ3) is 2.13. The zero-order chi connectivity index (χ0) is 10.0. The smallest absolute Gasteiger partial charge is 0.0358 e. The third-order valence-electron chi connectivity index (χ3n) is 2.21. The molecule has 0 aromatic heterocycles. The molecule has 0 amide bonds. The predicted molar refractivity (Wildman–Crippen MR) is 53.8 cm³/mol. The molecule has 0 spiro atoms. The first-order chi connectivity index (χ1) is 6.06.